The average Bonchev–Trinajstić information content (AvgIpc) is 2.31. The quantitative estimate of drug-likeness (QED) is 0.884. The van der Waals surface area contributed by atoms with Crippen molar-refractivity contribution in [1.82, 2.24) is 5.32 Å². The monoisotopic (exact) mass is 262 g/mol. The molecule has 1 aromatic rings. The Labute approximate surface area is 117 Å². The van der Waals surface area contributed by atoms with Crippen LogP contribution in [0.3, 0.4) is 0 Å². The van der Waals surface area contributed by atoms with Gasteiger partial charge in [-0.2, -0.15) is 0 Å². The molecule has 3 heteroatoms. The lowest BCUT2D eigenvalue weighted by atomic mass is 10.0. The second kappa shape index (κ2) is 6.09. The number of hydrogen-bond donors (Lipinski definition) is 1. The number of nitrogens with one attached hydrogen (secondary N) is 1. The second-order valence-corrected chi connectivity index (χ2v) is 5.93. The molecular weight excluding hydrogens is 236 g/mol. The van der Waals surface area contributed by atoms with Crippen LogP contribution < -0.4 is 10.2 Å². The second-order valence-electron chi connectivity index (χ2n) is 5.93. The minimum atomic E-state index is -0.139. The van der Waals surface area contributed by atoms with Gasteiger partial charge < -0.3 is 10.2 Å². The Morgan fingerprint density at radius 2 is 1.95 bits per heavy atom. The normalized spacial score (nSPS) is 11.3. The molecule has 0 aliphatic rings. The number of anilines is 1. The molecule has 1 rings (SSSR count). The van der Waals surface area contributed by atoms with E-state index in [9.17, 15) is 4.79 Å². The van der Waals surface area contributed by atoms with E-state index in [2.05, 4.69) is 44.3 Å². The van der Waals surface area contributed by atoms with Gasteiger partial charge in [-0.15, -0.1) is 0 Å². The molecule has 1 N–H and O–H groups in total. The number of hydrogen-bond acceptors (Lipinski definition) is 2. The van der Waals surface area contributed by atoms with Crippen molar-refractivity contribution >= 4 is 11.6 Å². The number of benzene rings is 1. The molecule has 0 saturated carbocycles. The largest absolute Gasteiger partial charge is 0.365 e. The van der Waals surface area contributed by atoms with Crippen LogP contribution in [0.5, 0.6) is 0 Å². The van der Waals surface area contributed by atoms with Crippen molar-refractivity contribution in [3.8, 4) is 0 Å². The van der Waals surface area contributed by atoms with E-state index >= 15 is 0 Å². The van der Waals surface area contributed by atoms with Crippen LogP contribution in [-0.2, 0) is 4.79 Å². The van der Waals surface area contributed by atoms with Crippen LogP contribution in [0.4, 0.5) is 5.69 Å². The van der Waals surface area contributed by atoms with Gasteiger partial charge in [0.1, 0.15) is 0 Å². The molecule has 0 radical (unpaired) electrons. The maximum absolute atomic E-state index is 12.0. The lowest BCUT2D eigenvalue weighted by molar-refractivity contribution is -0.121. The predicted molar refractivity (Wildman–Crippen MR) is 81.7 cm³/mol. The van der Waals surface area contributed by atoms with E-state index in [0.29, 0.717) is 6.54 Å². The van der Waals surface area contributed by atoms with Crippen molar-refractivity contribution in [3.63, 3.8) is 0 Å². The molecule has 3 nitrogen and oxygen atoms in total. The molecule has 106 valence electrons. The van der Waals surface area contributed by atoms with Gasteiger partial charge in [-0.1, -0.05) is 19.1 Å². The molecule has 1 aromatic carbocycles. The van der Waals surface area contributed by atoms with Crippen LogP contribution in [0.1, 0.15) is 38.3 Å². The van der Waals surface area contributed by atoms with E-state index in [4.69, 9.17) is 0 Å². The summed E-state index contributed by atoms with van der Waals surface area (Å²) in [6.45, 7) is 10.7. The fraction of sp³-hybridized carbons (Fsp3) is 0.562. The first-order valence-electron chi connectivity index (χ1n) is 6.84. The maximum Gasteiger partial charge on any atom is 0.239 e. The molecule has 0 saturated heterocycles. The third-order valence-corrected chi connectivity index (χ3v) is 3.52. The summed E-state index contributed by atoms with van der Waals surface area (Å²) < 4.78 is 0. The van der Waals surface area contributed by atoms with Gasteiger partial charge in [0.25, 0.3) is 0 Å². The van der Waals surface area contributed by atoms with Crippen LogP contribution in [0, 0.1) is 13.8 Å². The molecule has 0 fully saturated rings. The zero-order valence-corrected chi connectivity index (χ0v) is 13.0. The summed E-state index contributed by atoms with van der Waals surface area (Å²) in [4.78, 5) is 14.0. The maximum atomic E-state index is 12.0. The minimum Gasteiger partial charge on any atom is -0.365 e. The van der Waals surface area contributed by atoms with Crippen LogP contribution in [0.2, 0.25) is 0 Å². The predicted octanol–water partition coefficient (Wildman–Crippen LogP) is 3.04. The van der Waals surface area contributed by atoms with Gasteiger partial charge in [-0.3, -0.25) is 4.79 Å². The highest BCUT2D eigenvalue weighted by Gasteiger charge is 2.19. The van der Waals surface area contributed by atoms with Gasteiger partial charge in [-0.05, 0) is 51.3 Å². The number of aryl methyl sites for hydroxylation is 2. The number of carbonyl (C=O) groups excluding carboxylic acids is 1. The van der Waals surface area contributed by atoms with Gasteiger partial charge in [0.05, 0.1) is 6.54 Å². The molecule has 0 aliphatic carbocycles. The summed E-state index contributed by atoms with van der Waals surface area (Å²) in [6.07, 6.45) is 0.923. The Kier molecular flexibility index (Phi) is 4.98. The third kappa shape index (κ3) is 4.58. The van der Waals surface area contributed by atoms with Crippen LogP contribution >= 0.6 is 0 Å². The first kappa shape index (κ1) is 15.5. The number of rotatable bonds is 5. The highest BCUT2D eigenvalue weighted by atomic mass is 16.2. The van der Waals surface area contributed by atoms with Crippen molar-refractivity contribution < 1.29 is 4.79 Å². The first-order valence-corrected chi connectivity index (χ1v) is 6.84. The van der Waals surface area contributed by atoms with Crippen molar-refractivity contribution in [3.05, 3.63) is 29.3 Å². The zero-order chi connectivity index (χ0) is 14.6. The Bertz CT molecular complexity index is 452. The topological polar surface area (TPSA) is 32.3 Å². The van der Waals surface area contributed by atoms with Crippen molar-refractivity contribution in [1.29, 1.82) is 0 Å². The summed E-state index contributed by atoms with van der Waals surface area (Å²) in [6, 6.07) is 6.30. The van der Waals surface area contributed by atoms with Crippen LogP contribution in [0.25, 0.3) is 0 Å². The van der Waals surface area contributed by atoms with Crippen molar-refractivity contribution in [2.45, 2.75) is 46.6 Å². The molecule has 0 heterocycles. The lowest BCUT2D eigenvalue weighted by Gasteiger charge is -2.27. The highest BCUT2D eigenvalue weighted by Crippen LogP contribution is 2.20. The standard InChI is InChI=1S/C16H26N2O/c1-7-16(4,5)17-15(19)11-18(6)14-10-12(2)8-9-13(14)3/h8-10H,7,11H2,1-6H3,(H,17,19). The Hall–Kier alpha value is -1.51. The molecule has 0 spiro atoms. The van der Waals surface area contributed by atoms with E-state index < -0.39 is 0 Å². The molecule has 0 bridgehead atoms. The number of amides is 1. The molecule has 0 aromatic heterocycles. The smallest absolute Gasteiger partial charge is 0.239 e. The molecular formula is C16H26N2O. The summed E-state index contributed by atoms with van der Waals surface area (Å²) in [7, 11) is 1.96. The van der Waals surface area contributed by atoms with E-state index in [1.54, 1.807) is 0 Å². The van der Waals surface area contributed by atoms with E-state index in [0.717, 1.165) is 12.1 Å². The Balaban J connectivity index is 2.72. The number of nitrogens with zero attached hydrogens (tertiary/aromatic N) is 1. The highest BCUT2D eigenvalue weighted by molar-refractivity contribution is 5.82. The van der Waals surface area contributed by atoms with Crippen LogP contribution in [-0.4, -0.2) is 25.0 Å². The van der Waals surface area contributed by atoms with Crippen molar-refractivity contribution in [2.24, 2.45) is 0 Å². The molecule has 0 aliphatic heterocycles. The van der Waals surface area contributed by atoms with Gasteiger partial charge in [0, 0.05) is 18.3 Å². The number of likely N-dealkylation sites (N-methyl/N-ethyl adjacent to an activating group) is 1. The number of carbonyl (C=O) groups is 1. The van der Waals surface area contributed by atoms with Gasteiger partial charge in [-0.25, -0.2) is 0 Å². The molecule has 1 amide bonds. The summed E-state index contributed by atoms with van der Waals surface area (Å²) in [5.41, 5.74) is 3.38. The first-order chi connectivity index (χ1) is 8.75. The van der Waals surface area contributed by atoms with Crippen molar-refractivity contribution in [2.75, 3.05) is 18.5 Å². The van der Waals surface area contributed by atoms with E-state index in [-0.39, 0.29) is 11.4 Å². The summed E-state index contributed by atoms with van der Waals surface area (Å²) in [5.74, 6) is 0.0651. The van der Waals surface area contributed by atoms with Gasteiger partial charge in [0.15, 0.2) is 0 Å². The zero-order valence-electron chi connectivity index (χ0n) is 13.0. The molecule has 0 atom stereocenters. The fourth-order valence-corrected chi connectivity index (χ4v) is 1.94. The molecule has 0 unspecified atom stereocenters. The average molecular weight is 262 g/mol. The molecule has 19 heavy (non-hydrogen) atoms. The van der Waals surface area contributed by atoms with Gasteiger partial charge >= 0.3 is 0 Å². The SMILES string of the molecule is CCC(C)(C)NC(=O)CN(C)c1cc(C)ccc1C. The lowest BCUT2D eigenvalue weighted by Crippen LogP contribution is -2.46. The van der Waals surface area contributed by atoms with Crippen LogP contribution in [0.15, 0.2) is 18.2 Å². The van der Waals surface area contributed by atoms with E-state index in [1.165, 1.54) is 11.1 Å². The Morgan fingerprint density at radius 1 is 1.32 bits per heavy atom. The van der Waals surface area contributed by atoms with E-state index in [1.807, 2.05) is 25.8 Å². The minimum absolute atomic E-state index is 0.0651. The van der Waals surface area contributed by atoms with Gasteiger partial charge in [0.2, 0.25) is 5.91 Å². The summed E-state index contributed by atoms with van der Waals surface area (Å²) >= 11 is 0. The fourth-order valence-electron chi connectivity index (χ4n) is 1.94. The Morgan fingerprint density at radius 3 is 2.53 bits per heavy atom. The third-order valence-electron chi connectivity index (χ3n) is 3.52. The summed E-state index contributed by atoms with van der Waals surface area (Å²) in [5, 5.41) is 3.06.